The predicted octanol–water partition coefficient (Wildman–Crippen LogP) is 2.58. The molecule has 0 saturated carbocycles. The van der Waals surface area contributed by atoms with E-state index < -0.39 is 0 Å². The summed E-state index contributed by atoms with van der Waals surface area (Å²) in [6.07, 6.45) is 4.13. The van der Waals surface area contributed by atoms with Crippen LogP contribution in [0, 0.1) is 0 Å². The average Bonchev–Trinajstić information content (AvgIpc) is 2.37. The fourth-order valence-electron chi connectivity index (χ4n) is 1.56. The second-order valence-corrected chi connectivity index (χ2v) is 4.07. The molecule has 0 spiro atoms. The Bertz CT molecular complexity index is 346. The molecular formula is C13H21N3O. The van der Waals surface area contributed by atoms with E-state index in [9.17, 15) is 0 Å². The van der Waals surface area contributed by atoms with Crippen LogP contribution in [0.5, 0.6) is 0 Å². The molecule has 0 saturated heterocycles. The predicted molar refractivity (Wildman–Crippen MR) is 71.6 cm³/mol. The fourth-order valence-corrected chi connectivity index (χ4v) is 1.56. The molecule has 0 fully saturated rings. The van der Waals surface area contributed by atoms with Gasteiger partial charge in [-0.3, -0.25) is 0 Å². The SMILES string of the molecule is CCCCc1ccc(NCCC(N)=NO)cc1. The number of anilines is 1. The Morgan fingerprint density at radius 3 is 2.65 bits per heavy atom. The Hall–Kier alpha value is -1.71. The monoisotopic (exact) mass is 235 g/mol. The summed E-state index contributed by atoms with van der Waals surface area (Å²) in [5.74, 6) is 0.247. The van der Waals surface area contributed by atoms with E-state index in [0.717, 1.165) is 12.1 Å². The Kier molecular flexibility index (Phi) is 5.93. The summed E-state index contributed by atoms with van der Waals surface area (Å²) in [5.41, 5.74) is 7.81. The van der Waals surface area contributed by atoms with Crippen molar-refractivity contribution in [2.24, 2.45) is 10.9 Å². The molecule has 1 rings (SSSR count). The van der Waals surface area contributed by atoms with E-state index >= 15 is 0 Å². The number of unbranched alkanes of at least 4 members (excludes halogenated alkanes) is 1. The van der Waals surface area contributed by atoms with Crippen LogP contribution in [0.25, 0.3) is 0 Å². The van der Waals surface area contributed by atoms with Crippen LogP contribution >= 0.6 is 0 Å². The Balaban J connectivity index is 2.35. The van der Waals surface area contributed by atoms with Crippen molar-refractivity contribution in [1.82, 2.24) is 0 Å². The molecule has 0 aliphatic carbocycles. The summed E-state index contributed by atoms with van der Waals surface area (Å²) in [4.78, 5) is 0. The van der Waals surface area contributed by atoms with E-state index in [1.807, 2.05) is 0 Å². The molecule has 0 aromatic heterocycles. The second kappa shape index (κ2) is 7.54. The van der Waals surface area contributed by atoms with Crippen LogP contribution in [0.3, 0.4) is 0 Å². The number of nitrogens with one attached hydrogen (secondary N) is 1. The Morgan fingerprint density at radius 1 is 1.35 bits per heavy atom. The lowest BCUT2D eigenvalue weighted by atomic mass is 10.1. The summed E-state index contributed by atoms with van der Waals surface area (Å²) < 4.78 is 0. The number of rotatable bonds is 7. The van der Waals surface area contributed by atoms with E-state index in [1.54, 1.807) is 0 Å². The maximum absolute atomic E-state index is 8.39. The minimum Gasteiger partial charge on any atom is -0.409 e. The summed E-state index contributed by atoms with van der Waals surface area (Å²) in [6.45, 7) is 2.87. The van der Waals surface area contributed by atoms with Crippen molar-refractivity contribution in [1.29, 1.82) is 0 Å². The third kappa shape index (κ3) is 5.24. The number of hydrogen-bond acceptors (Lipinski definition) is 3. The molecule has 1 aromatic carbocycles. The van der Waals surface area contributed by atoms with E-state index in [1.165, 1.54) is 18.4 Å². The van der Waals surface area contributed by atoms with Crippen LogP contribution in [0.1, 0.15) is 31.7 Å². The van der Waals surface area contributed by atoms with Gasteiger partial charge in [0.1, 0.15) is 5.84 Å². The topological polar surface area (TPSA) is 70.6 Å². The Labute approximate surface area is 103 Å². The molecule has 0 bridgehead atoms. The van der Waals surface area contributed by atoms with Gasteiger partial charge in [0.15, 0.2) is 0 Å². The van der Waals surface area contributed by atoms with Crippen LogP contribution in [-0.2, 0) is 6.42 Å². The van der Waals surface area contributed by atoms with E-state index in [2.05, 4.69) is 41.7 Å². The van der Waals surface area contributed by atoms with Crippen molar-refractivity contribution >= 4 is 11.5 Å². The lowest BCUT2D eigenvalue weighted by molar-refractivity contribution is 0.317. The second-order valence-electron chi connectivity index (χ2n) is 4.07. The highest BCUT2D eigenvalue weighted by atomic mass is 16.4. The van der Waals surface area contributed by atoms with Gasteiger partial charge in [0.25, 0.3) is 0 Å². The highest BCUT2D eigenvalue weighted by Crippen LogP contribution is 2.11. The van der Waals surface area contributed by atoms with Crippen molar-refractivity contribution in [3.8, 4) is 0 Å². The summed E-state index contributed by atoms with van der Waals surface area (Å²) in [5, 5.41) is 14.5. The van der Waals surface area contributed by atoms with Crippen molar-refractivity contribution in [2.45, 2.75) is 32.6 Å². The van der Waals surface area contributed by atoms with Crippen molar-refractivity contribution in [3.05, 3.63) is 29.8 Å². The number of hydrogen-bond donors (Lipinski definition) is 3. The maximum atomic E-state index is 8.39. The molecule has 0 unspecified atom stereocenters. The van der Waals surface area contributed by atoms with Crippen molar-refractivity contribution < 1.29 is 5.21 Å². The molecule has 0 heterocycles. The number of benzene rings is 1. The first-order chi connectivity index (χ1) is 8.26. The number of oxime groups is 1. The first kappa shape index (κ1) is 13.4. The molecule has 1 aromatic rings. The van der Waals surface area contributed by atoms with Gasteiger partial charge >= 0.3 is 0 Å². The normalized spacial score (nSPS) is 11.5. The highest BCUT2D eigenvalue weighted by Gasteiger charge is 1.96. The van der Waals surface area contributed by atoms with Gasteiger partial charge in [-0.1, -0.05) is 30.6 Å². The zero-order chi connectivity index (χ0) is 12.5. The first-order valence-corrected chi connectivity index (χ1v) is 6.05. The minimum absolute atomic E-state index is 0.247. The highest BCUT2D eigenvalue weighted by molar-refractivity contribution is 5.80. The van der Waals surface area contributed by atoms with Gasteiger partial charge in [-0.25, -0.2) is 0 Å². The maximum Gasteiger partial charge on any atom is 0.140 e. The van der Waals surface area contributed by atoms with Gasteiger partial charge in [0, 0.05) is 18.7 Å². The standard InChI is InChI=1S/C13H21N3O/c1-2-3-4-11-5-7-12(8-6-11)15-10-9-13(14)16-17/h5-8,15,17H,2-4,9-10H2,1H3,(H2,14,16). The molecule has 0 amide bonds. The number of nitrogens with two attached hydrogens (primary N) is 1. The number of aryl methyl sites for hydroxylation is 1. The molecule has 4 heteroatoms. The molecule has 94 valence electrons. The molecule has 0 atom stereocenters. The molecule has 0 aliphatic heterocycles. The Morgan fingerprint density at radius 2 is 2.06 bits per heavy atom. The van der Waals surface area contributed by atoms with Crippen molar-refractivity contribution in [2.75, 3.05) is 11.9 Å². The van der Waals surface area contributed by atoms with Crippen LogP contribution in [0.4, 0.5) is 5.69 Å². The molecule has 4 N–H and O–H groups in total. The molecule has 17 heavy (non-hydrogen) atoms. The summed E-state index contributed by atoms with van der Waals surface area (Å²) >= 11 is 0. The zero-order valence-electron chi connectivity index (χ0n) is 10.3. The van der Waals surface area contributed by atoms with Gasteiger partial charge in [-0.2, -0.15) is 0 Å². The molecular weight excluding hydrogens is 214 g/mol. The molecule has 0 radical (unpaired) electrons. The van der Waals surface area contributed by atoms with Crippen LogP contribution < -0.4 is 11.1 Å². The van der Waals surface area contributed by atoms with Gasteiger partial charge < -0.3 is 16.3 Å². The van der Waals surface area contributed by atoms with Crippen LogP contribution in [0.2, 0.25) is 0 Å². The van der Waals surface area contributed by atoms with Crippen LogP contribution in [0.15, 0.2) is 29.4 Å². The third-order valence-corrected chi connectivity index (χ3v) is 2.61. The third-order valence-electron chi connectivity index (χ3n) is 2.61. The lowest BCUT2D eigenvalue weighted by Gasteiger charge is -2.06. The number of nitrogens with zero attached hydrogens (tertiary/aromatic N) is 1. The fraction of sp³-hybridized carbons (Fsp3) is 0.462. The summed E-state index contributed by atoms with van der Waals surface area (Å²) in [7, 11) is 0. The van der Waals surface area contributed by atoms with Gasteiger partial charge in [0.2, 0.25) is 0 Å². The first-order valence-electron chi connectivity index (χ1n) is 6.05. The van der Waals surface area contributed by atoms with Crippen molar-refractivity contribution in [3.63, 3.8) is 0 Å². The minimum atomic E-state index is 0.247. The van der Waals surface area contributed by atoms with Crippen LogP contribution in [-0.4, -0.2) is 17.6 Å². The average molecular weight is 235 g/mol. The zero-order valence-corrected chi connectivity index (χ0v) is 10.3. The van der Waals surface area contributed by atoms with Gasteiger partial charge in [0.05, 0.1) is 0 Å². The molecule has 4 nitrogen and oxygen atoms in total. The summed E-state index contributed by atoms with van der Waals surface area (Å²) in [6, 6.07) is 8.41. The van der Waals surface area contributed by atoms with Gasteiger partial charge in [-0.05, 0) is 30.5 Å². The van der Waals surface area contributed by atoms with E-state index in [4.69, 9.17) is 10.9 Å². The quantitative estimate of drug-likeness (QED) is 0.294. The van der Waals surface area contributed by atoms with E-state index in [-0.39, 0.29) is 5.84 Å². The largest absolute Gasteiger partial charge is 0.409 e. The van der Waals surface area contributed by atoms with E-state index in [0.29, 0.717) is 13.0 Å². The number of amidine groups is 1. The smallest absolute Gasteiger partial charge is 0.140 e. The molecule has 0 aliphatic rings. The lowest BCUT2D eigenvalue weighted by Crippen LogP contribution is -2.16. The van der Waals surface area contributed by atoms with Gasteiger partial charge in [-0.15, -0.1) is 0 Å².